The molecule has 0 radical (unpaired) electrons. The van der Waals surface area contributed by atoms with E-state index in [1.165, 1.54) is 0 Å². The van der Waals surface area contributed by atoms with Gasteiger partial charge in [-0.3, -0.25) is 0 Å². The van der Waals surface area contributed by atoms with Gasteiger partial charge in [0.1, 0.15) is 6.61 Å². The molecule has 0 bridgehead atoms. The van der Waals surface area contributed by atoms with E-state index < -0.39 is 19.1 Å². The molecule has 1 aromatic carbocycles. The minimum absolute atomic E-state index is 0.0250. The Morgan fingerprint density at radius 2 is 1.94 bits per heavy atom. The van der Waals surface area contributed by atoms with Gasteiger partial charge in [0, 0.05) is 6.04 Å². The molecule has 100 valence electrons. The molecule has 1 aliphatic carbocycles. The molecule has 2 rings (SSSR count). The summed E-state index contributed by atoms with van der Waals surface area (Å²) in [5.41, 5.74) is 2.21. The van der Waals surface area contributed by atoms with E-state index in [9.17, 15) is 8.78 Å². The second-order valence-electron chi connectivity index (χ2n) is 5.12. The van der Waals surface area contributed by atoms with E-state index in [2.05, 4.69) is 5.32 Å². The summed E-state index contributed by atoms with van der Waals surface area (Å²) in [5.74, 6) is -2.60. The molecule has 1 saturated carbocycles. The van der Waals surface area contributed by atoms with Gasteiger partial charge in [0.2, 0.25) is 0 Å². The van der Waals surface area contributed by atoms with Crippen LogP contribution in [0.15, 0.2) is 24.3 Å². The van der Waals surface area contributed by atoms with Crippen molar-refractivity contribution in [3.63, 3.8) is 0 Å². The number of aliphatic hydroxyl groups excluding tert-OH is 1. The average molecular weight is 255 g/mol. The van der Waals surface area contributed by atoms with Crippen LogP contribution < -0.4 is 5.32 Å². The number of halogens is 2. The Balaban J connectivity index is 2.02. The summed E-state index contributed by atoms with van der Waals surface area (Å²) in [6.45, 7) is 0.424. The van der Waals surface area contributed by atoms with Gasteiger partial charge in [-0.25, -0.2) is 8.78 Å². The lowest BCUT2D eigenvalue weighted by molar-refractivity contribution is -0.0498. The Bertz CT molecular complexity index is 387. The fraction of sp³-hybridized carbons (Fsp3) is 0.571. The highest BCUT2D eigenvalue weighted by molar-refractivity contribution is 5.25. The van der Waals surface area contributed by atoms with Crippen LogP contribution in [0.3, 0.4) is 0 Å². The third kappa shape index (κ3) is 3.50. The normalized spacial score (nSPS) is 17.8. The highest BCUT2D eigenvalue weighted by atomic mass is 19.3. The smallest absolute Gasteiger partial charge is 0.282 e. The van der Waals surface area contributed by atoms with Crippen molar-refractivity contribution in [2.45, 2.75) is 31.7 Å². The summed E-state index contributed by atoms with van der Waals surface area (Å²) in [6, 6.07) is 7.95. The summed E-state index contributed by atoms with van der Waals surface area (Å²) in [4.78, 5) is 0. The molecule has 0 aromatic heterocycles. The standard InChI is InChI=1S/C14H19F2NO/c1-10-2-4-11(5-3-10)13(12-6-7-12)17-8-14(15,16)9-18/h2-5,12-13,17-18H,6-9H2,1H3. The number of hydrogen-bond acceptors (Lipinski definition) is 2. The predicted octanol–water partition coefficient (Wildman–Crippen LogP) is 2.66. The largest absolute Gasteiger partial charge is 0.390 e. The Morgan fingerprint density at radius 1 is 1.33 bits per heavy atom. The van der Waals surface area contributed by atoms with Crippen molar-refractivity contribution in [3.05, 3.63) is 35.4 Å². The highest BCUT2D eigenvalue weighted by Crippen LogP contribution is 2.41. The van der Waals surface area contributed by atoms with Gasteiger partial charge < -0.3 is 10.4 Å². The minimum atomic E-state index is -3.04. The molecule has 2 nitrogen and oxygen atoms in total. The maximum absolute atomic E-state index is 13.1. The molecular weight excluding hydrogens is 236 g/mol. The first-order chi connectivity index (χ1) is 8.52. The molecule has 1 unspecified atom stereocenters. The van der Waals surface area contributed by atoms with Crippen molar-refractivity contribution in [2.75, 3.05) is 13.2 Å². The van der Waals surface area contributed by atoms with Crippen LogP contribution in [0.5, 0.6) is 0 Å². The number of aliphatic hydroxyl groups is 1. The van der Waals surface area contributed by atoms with Gasteiger partial charge in [0.05, 0.1) is 6.54 Å². The topological polar surface area (TPSA) is 32.3 Å². The van der Waals surface area contributed by atoms with Gasteiger partial charge in [-0.15, -0.1) is 0 Å². The molecule has 1 atom stereocenters. The molecule has 1 aromatic rings. The molecule has 1 fully saturated rings. The van der Waals surface area contributed by atoms with Crippen LogP contribution in [0.1, 0.15) is 30.0 Å². The van der Waals surface area contributed by atoms with Crippen LogP contribution >= 0.6 is 0 Å². The van der Waals surface area contributed by atoms with Crippen LogP contribution in [0.25, 0.3) is 0 Å². The first-order valence-corrected chi connectivity index (χ1v) is 6.30. The molecule has 0 spiro atoms. The van der Waals surface area contributed by atoms with Crippen molar-refractivity contribution in [1.82, 2.24) is 5.32 Å². The van der Waals surface area contributed by atoms with Crippen LogP contribution in [-0.2, 0) is 0 Å². The van der Waals surface area contributed by atoms with E-state index >= 15 is 0 Å². The summed E-state index contributed by atoms with van der Waals surface area (Å²) < 4.78 is 26.1. The zero-order chi connectivity index (χ0) is 13.2. The first kappa shape index (κ1) is 13.4. The second kappa shape index (κ2) is 5.33. The number of benzene rings is 1. The predicted molar refractivity (Wildman–Crippen MR) is 66.7 cm³/mol. The molecular formula is C14H19F2NO. The molecule has 18 heavy (non-hydrogen) atoms. The fourth-order valence-corrected chi connectivity index (χ4v) is 2.08. The Labute approximate surface area is 106 Å². The lowest BCUT2D eigenvalue weighted by atomic mass is 10.0. The van der Waals surface area contributed by atoms with Crippen molar-refractivity contribution in [2.24, 2.45) is 5.92 Å². The zero-order valence-corrected chi connectivity index (χ0v) is 10.5. The van der Waals surface area contributed by atoms with E-state index in [-0.39, 0.29) is 6.04 Å². The monoisotopic (exact) mass is 255 g/mol. The van der Waals surface area contributed by atoms with Crippen molar-refractivity contribution in [3.8, 4) is 0 Å². The van der Waals surface area contributed by atoms with Crippen molar-refractivity contribution >= 4 is 0 Å². The van der Waals surface area contributed by atoms with Crippen LogP contribution in [0.4, 0.5) is 8.78 Å². The number of nitrogens with one attached hydrogen (secondary N) is 1. The minimum Gasteiger partial charge on any atom is -0.390 e. The summed E-state index contributed by atoms with van der Waals surface area (Å²) in [5, 5.41) is 11.5. The molecule has 0 heterocycles. The lowest BCUT2D eigenvalue weighted by Gasteiger charge is -2.22. The van der Waals surface area contributed by atoms with Crippen LogP contribution in [-0.4, -0.2) is 24.2 Å². The SMILES string of the molecule is Cc1ccc(C(NCC(F)(F)CO)C2CC2)cc1. The highest BCUT2D eigenvalue weighted by Gasteiger charge is 2.35. The maximum atomic E-state index is 13.1. The quantitative estimate of drug-likeness (QED) is 0.819. The fourth-order valence-electron chi connectivity index (χ4n) is 2.08. The maximum Gasteiger partial charge on any atom is 0.282 e. The van der Waals surface area contributed by atoms with Gasteiger partial charge in [-0.2, -0.15) is 0 Å². The average Bonchev–Trinajstić information content (AvgIpc) is 3.16. The molecule has 0 saturated heterocycles. The number of aryl methyl sites for hydroxylation is 1. The molecule has 4 heteroatoms. The van der Waals surface area contributed by atoms with Gasteiger partial charge in [0.25, 0.3) is 5.92 Å². The third-order valence-electron chi connectivity index (χ3n) is 3.34. The van der Waals surface area contributed by atoms with Crippen molar-refractivity contribution in [1.29, 1.82) is 0 Å². The Kier molecular flexibility index (Phi) is 3.97. The second-order valence-corrected chi connectivity index (χ2v) is 5.12. The van der Waals surface area contributed by atoms with Crippen LogP contribution in [0.2, 0.25) is 0 Å². The molecule has 1 aliphatic rings. The molecule has 0 aliphatic heterocycles. The summed E-state index contributed by atoms with van der Waals surface area (Å²) in [7, 11) is 0. The van der Waals surface area contributed by atoms with E-state index in [1.54, 1.807) is 0 Å². The van der Waals surface area contributed by atoms with Crippen LogP contribution in [0, 0.1) is 12.8 Å². The van der Waals surface area contributed by atoms with E-state index in [0.717, 1.165) is 24.0 Å². The number of alkyl halides is 2. The van der Waals surface area contributed by atoms with E-state index in [4.69, 9.17) is 5.11 Å². The van der Waals surface area contributed by atoms with Gasteiger partial charge in [0.15, 0.2) is 0 Å². The van der Waals surface area contributed by atoms with E-state index in [0.29, 0.717) is 5.92 Å². The number of rotatable bonds is 6. The first-order valence-electron chi connectivity index (χ1n) is 6.30. The van der Waals surface area contributed by atoms with Gasteiger partial charge >= 0.3 is 0 Å². The van der Waals surface area contributed by atoms with E-state index in [1.807, 2.05) is 31.2 Å². The number of hydrogen-bond donors (Lipinski definition) is 2. The third-order valence-corrected chi connectivity index (χ3v) is 3.34. The zero-order valence-electron chi connectivity index (χ0n) is 10.5. The summed E-state index contributed by atoms with van der Waals surface area (Å²) in [6.07, 6.45) is 2.16. The van der Waals surface area contributed by atoms with Crippen molar-refractivity contribution < 1.29 is 13.9 Å². The molecule has 2 N–H and O–H groups in total. The Morgan fingerprint density at radius 3 is 2.44 bits per heavy atom. The summed E-state index contributed by atoms with van der Waals surface area (Å²) >= 11 is 0. The molecule has 0 amide bonds. The van der Waals surface area contributed by atoms with Gasteiger partial charge in [-0.1, -0.05) is 29.8 Å². The van der Waals surface area contributed by atoms with Gasteiger partial charge in [-0.05, 0) is 31.2 Å². The Hall–Kier alpha value is -1.00. The lowest BCUT2D eigenvalue weighted by Crippen LogP contribution is -2.38.